The monoisotopic (exact) mass is 388 g/mol. The molecule has 0 amide bonds. The number of methoxy groups -OCH3 is 1. The van der Waals surface area contributed by atoms with E-state index in [1.165, 1.54) is 6.07 Å². The summed E-state index contributed by atoms with van der Waals surface area (Å²) >= 11 is 0. The first-order valence-electron chi connectivity index (χ1n) is 7.75. The number of benzene rings is 2. The van der Waals surface area contributed by atoms with Crippen LogP contribution in [-0.4, -0.2) is 23.8 Å². The van der Waals surface area contributed by atoms with Gasteiger partial charge in [-0.25, -0.2) is 9.55 Å². The zero-order valence-corrected chi connectivity index (χ0v) is 14.9. The van der Waals surface area contributed by atoms with Crippen molar-refractivity contribution >= 4 is 18.6 Å². The summed E-state index contributed by atoms with van der Waals surface area (Å²) in [4.78, 5) is 26.9. The second kappa shape index (κ2) is 6.53. The smallest absolute Gasteiger partial charge is 0.497 e. The molecule has 1 aliphatic heterocycles. The molecule has 10 heteroatoms. The van der Waals surface area contributed by atoms with Gasteiger partial charge in [-0.05, 0) is 18.2 Å². The summed E-state index contributed by atoms with van der Waals surface area (Å²) in [6.45, 7) is 0.0545. The number of aromatic nitrogens is 1. The summed E-state index contributed by atoms with van der Waals surface area (Å²) in [5.41, 5.74) is 1.56. The Morgan fingerprint density at radius 3 is 2.70 bits per heavy atom. The zero-order valence-electron chi connectivity index (χ0n) is 14.0. The lowest BCUT2D eigenvalue weighted by molar-refractivity contribution is 0.174. The first-order valence-corrected chi connectivity index (χ1v) is 9.28. The van der Waals surface area contributed by atoms with E-state index in [2.05, 4.69) is 9.93 Å². The Balaban J connectivity index is 1.93. The van der Waals surface area contributed by atoms with Gasteiger partial charge in [0.05, 0.1) is 23.3 Å². The van der Waals surface area contributed by atoms with Gasteiger partial charge >= 0.3 is 7.75 Å². The Morgan fingerprint density at radius 2 is 1.96 bits per heavy atom. The molecule has 4 rings (SSSR count). The highest BCUT2D eigenvalue weighted by molar-refractivity contribution is 7.51. The minimum atomic E-state index is -4.70. The average molecular weight is 388 g/mol. The molecule has 0 fully saturated rings. The standard InChI is InChI=1S/C17H13N2O7P/c1-23-11-4-2-3-10(5-11)13-7-15(26-27(21,22)19-20)12-6-16-17(25-9-24-16)8-14(12)18-13/h2-8H,9H2,1H3,(H,21,22). The van der Waals surface area contributed by atoms with Crippen LogP contribution in [-0.2, 0) is 4.57 Å². The third-order valence-electron chi connectivity index (χ3n) is 3.95. The van der Waals surface area contributed by atoms with Crippen LogP contribution in [0.4, 0.5) is 0 Å². The van der Waals surface area contributed by atoms with Crippen molar-refractivity contribution in [1.29, 1.82) is 0 Å². The first-order chi connectivity index (χ1) is 13.0. The van der Waals surface area contributed by atoms with Crippen LogP contribution in [0.1, 0.15) is 0 Å². The van der Waals surface area contributed by atoms with Gasteiger partial charge in [-0.1, -0.05) is 12.1 Å². The van der Waals surface area contributed by atoms with Gasteiger partial charge in [-0.15, -0.1) is 4.91 Å². The maximum Gasteiger partial charge on any atom is 0.541 e. The van der Waals surface area contributed by atoms with Gasteiger partial charge < -0.3 is 18.7 Å². The molecule has 0 saturated carbocycles. The van der Waals surface area contributed by atoms with E-state index in [0.717, 1.165) is 0 Å². The van der Waals surface area contributed by atoms with Gasteiger partial charge in [0, 0.05) is 23.1 Å². The highest BCUT2D eigenvalue weighted by Crippen LogP contribution is 2.48. The molecule has 1 unspecified atom stereocenters. The molecule has 1 aromatic heterocycles. The van der Waals surface area contributed by atoms with E-state index >= 15 is 0 Å². The van der Waals surface area contributed by atoms with Gasteiger partial charge in [0.2, 0.25) is 6.79 Å². The van der Waals surface area contributed by atoms with Crippen molar-refractivity contribution < 1.29 is 28.2 Å². The van der Waals surface area contributed by atoms with Crippen LogP contribution < -0.4 is 18.7 Å². The molecule has 1 atom stereocenters. The van der Waals surface area contributed by atoms with Crippen LogP contribution in [0.3, 0.4) is 0 Å². The summed E-state index contributed by atoms with van der Waals surface area (Å²) in [5, 5.41) is 0.379. The van der Waals surface area contributed by atoms with Crippen LogP contribution in [0, 0.1) is 4.91 Å². The zero-order chi connectivity index (χ0) is 19.0. The quantitative estimate of drug-likeness (QED) is 0.517. The second-order valence-electron chi connectivity index (χ2n) is 5.62. The van der Waals surface area contributed by atoms with Gasteiger partial charge in [0.25, 0.3) is 0 Å². The Labute approximate surface area is 153 Å². The normalized spacial score (nSPS) is 14.6. The van der Waals surface area contributed by atoms with Crippen LogP contribution in [0.5, 0.6) is 23.0 Å². The Bertz CT molecular complexity index is 1100. The fraction of sp³-hybridized carbons (Fsp3) is 0.118. The number of nitroso groups, excluding NO2 is 1. The fourth-order valence-corrected chi connectivity index (χ4v) is 3.18. The number of ether oxygens (including phenoxy) is 3. The lowest BCUT2D eigenvalue weighted by Gasteiger charge is -2.12. The maximum absolute atomic E-state index is 11.7. The molecule has 9 nitrogen and oxygen atoms in total. The van der Waals surface area contributed by atoms with Gasteiger partial charge in [-0.3, -0.25) is 4.89 Å². The number of pyridine rings is 1. The number of hydrogen-bond donors (Lipinski definition) is 1. The van der Waals surface area contributed by atoms with Crippen molar-refractivity contribution in [2.45, 2.75) is 0 Å². The van der Waals surface area contributed by atoms with E-state index < -0.39 is 7.75 Å². The molecule has 0 aliphatic carbocycles. The first kappa shape index (κ1) is 17.3. The minimum Gasteiger partial charge on any atom is -0.497 e. The topological polar surface area (TPSA) is 117 Å². The summed E-state index contributed by atoms with van der Waals surface area (Å²) in [6.07, 6.45) is 0. The number of fused-ring (bicyclic) bond motifs is 2. The maximum atomic E-state index is 11.7. The van der Waals surface area contributed by atoms with E-state index in [0.29, 0.717) is 39.4 Å². The van der Waals surface area contributed by atoms with Crippen LogP contribution in [0.2, 0.25) is 0 Å². The van der Waals surface area contributed by atoms with Crippen molar-refractivity contribution in [2.24, 2.45) is 4.95 Å². The third-order valence-corrected chi connectivity index (χ3v) is 4.59. The van der Waals surface area contributed by atoms with Crippen molar-refractivity contribution in [3.63, 3.8) is 0 Å². The van der Waals surface area contributed by atoms with E-state index in [1.807, 2.05) is 0 Å². The van der Waals surface area contributed by atoms with E-state index in [1.54, 1.807) is 43.5 Å². The molecule has 1 N–H and O–H groups in total. The molecule has 0 radical (unpaired) electrons. The van der Waals surface area contributed by atoms with Gasteiger partial charge in [0.15, 0.2) is 11.5 Å². The second-order valence-corrected chi connectivity index (χ2v) is 6.95. The molecule has 0 saturated heterocycles. The van der Waals surface area contributed by atoms with Crippen molar-refractivity contribution in [2.75, 3.05) is 13.9 Å². The van der Waals surface area contributed by atoms with Crippen molar-refractivity contribution in [3.8, 4) is 34.3 Å². The Kier molecular flexibility index (Phi) is 4.18. The molecule has 0 spiro atoms. The Morgan fingerprint density at radius 1 is 1.19 bits per heavy atom. The molecular weight excluding hydrogens is 375 g/mol. The van der Waals surface area contributed by atoms with Crippen molar-refractivity contribution in [1.82, 2.24) is 4.98 Å². The largest absolute Gasteiger partial charge is 0.541 e. The average Bonchev–Trinajstić information content (AvgIpc) is 3.13. The number of hydrogen-bond acceptors (Lipinski definition) is 7. The van der Waals surface area contributed by atoms with Gasteiger partial charge in [0.1, 0.15) is 11.5 Å². The van der Waals surface area contributed by atoms with E-state index in [9.17, 15) is 14.4 Å². The summed E-state index contributed by atoms with van der Waals surface area (Å²) in [7, 11) is -3.16. The highest BCUT2D eigenvalue weighted by Gasteiger charge is 2.25. The van der Waals surface area contributed by atoms with Crippen LogP contribution in [0.15, 0.2) is 47.4 Å². The van der Waals surface area contributed by atoms with E-state index in [4.69, 9.17) is 18.7 Å². The van der Waals surface area contributed by atoms with E-state index in [-0.39, 0.29) is 12.5 Å². The van der Waals surface area contributed by atoms with Crippen LogP contribution in [0.25, 0.3) is 22.2 Å². The number of rotatable bonds is 5. The molecule has 27 heavy (non-hydrogen) atoms. The SMILES string of the molecule is COc1cccc(-c2cc(OP(=O)(O)N=O)c3cc4c(cc3n2)OCO4)c1. The summed E-state index contributed by atoms with van der Waals surface area (Å²) < 4.78 is 32.6. The molecule has 1 aliphatic rings. The molecule has 138 valence electrons. The van der Waals surface area contributed by atoms with Gasteiger partial charge in [-0.2, -0.15) is 0 Å². The predicted octanol–water partition coefficient (Wildman–Crippen LogP) is 3.88. The molecule has 3 aromatic rings. The lowest BCUT2D eigenvalue weighted by Crippen LogP contribution is -1.94. The molecule has 2 heterocycles. The summed E-state index contributed by atoms with van der Waals surface area (Å²) in [6, 6.07) is 11.8. The minimum absolute atomic E-state index is 0.0263. The highest BCUT2D eigenvalue weighted by atomic mass is 31.2. The van der Waals surface area contributed by atoms with Crippen molar-refractivity contribution in [3.05, 3.63) is 47.4 Å². The Hall–Kier alpha value is -3.16. The lowest BCUT2D eigenvalue weighted by atomic mass is 10.1. The molecular formula is C17H13N2O7P. The molecule has 0 bridgehead atoms. The van der Waals surface area contributed by atoms with Crippen LogP contribution >= 0.6 is 7.75 Å². The summed E-state index contributed by atoms with van der Waals surface area (Å²) in [5.74, 6) is 1.52. The number of nitrogens with zero attached hydrogens (tertiary/aromatic N) is 2. The predicted molar refractivity (Wildman–Crippen MR) is 96.1 cm³/mol. The molecule has 2 aromatic carbocycles. The third kappa shape index (κ3) is 3.30. The fourth-order valence-electron chi connectivity index (χ4n) is 2.74.